The molecule has 106 valence electrons. The van der Waals surface area contributed by atoms with Gasteiger partial charge in [-0.2, -0.15) is 15.0 Å². The normalized spacial score (nSPS) is 16.5. The highest BCUT2D eigenvalue weighted by atomic mass is 16.3. The van der Waals surface area contributed by atoms with E-state index >= 15 is 0 Å². The number of aromatic nitrogens is 3. The van der Waals surface area contributed by atoms with Crippen molar-refractivity contribution >= 4 is 17.8 Å². The summed E-state index contributed by atoms with van der Waals surface area (Å²) in [5.41, 5.74) is 0. The van der Waals surface area contributed by atoms with Gasteiger partial charge in [0.1, 0.15) is 0 Å². The lowest BCUT2D eigenvalue weighted by atomic mass is 9.98. The molecule has 0 spiro atoms. The lowest BCUT2D eigenvalue weighted by molar-refractivity contribution is 0.202. The van der Waals surface area contributed by atoms with Gasteiger partial charge < -0.3 is 20.2 Å². The summed E-state index contributed by atoms with van der Waals surface area (Å²) < 4.78 is 0. The number of nitrogens with zero attached hydrogens (tertiary/aromatic N) is 5. The van der Waals surface area contributed by atoms with Crippen molar-refractivity contribution in [1.29, 1.82) is 0 Å². The summed E-state index contributed by atoms with van der Waals surface area (Å²) in [5.74, 6) is 2.35. The van der Waals surface area contributed by atoms with Gasteiger partial charge in [0.2, 0.25) is 17.8 Å². The Bertz CT molecular complexity index is 417. The maximum Gasteiger partial charge on any atom is 0.231 e. The molecule has 1 aromatic rings. The number of hydrogen-bond donors (Lipinski definition) is 2. The predicted octanol–water partition coefficient (Wildman–Crippen LogP) is 0.188. The summed E-state index contributed by atoms with van der Waals surface area (Å²) >= 11 is 0. The lowest BCUT2D eigenvalue weighted by Gasteiger charge is -2.31. The predicted molar refractivity (Wildman–Crippen MR) is 75.7 cm³/mol. The van der Waals surface area contributed by atoms with E-state index < -0.39 is 0 Å². The summed E-state index contributed by atoms with van der Waals surface area (Å²) in [5, 5.41) is 12.1. The molecule has 0 saturated carbocycles. The number of nitrogens with one attached hydrogen (secondary N) is 1. The van der Waals surface area contributed by atoms with Gasteiger partial charge in [0.25, 0.3) is 0 Å². The Labute approximate surface area is 113 Å². The van der Waals surface area contributed by atoms with Crippen molar-refractivity contribution in [3.05, 3.63) is 0 Å². The molecule has 0 unspecified atom stereocenters. The molecule has 1 aliphatic heterocycles. The first-order valence-electron chi connectivity index (χ1n) is 6.61. The average Bonchev–Trinajstić information content (AvgIpc) is 2.46. The Morgan fingerprint density at radius 2 is 1.95 bits per heavy atom. The van der Waals surface area contributed by atoms with Crippen LogP contribution in [0.5, 0.6) is 0 Å². The van der Waals surface area contributed by atoms with Crippen LogP contribution in [0.4, 0.5) is 17.8 Å². The monoisotopic (exact) mass is 266 g/mol. The zero-order chi connectivity index (χ0) is 13.8. The van der Waals surface area contributed by atoms with Crippen molar-refractivity contribution < 1.29 is 5.11 Å². The van der Waals surface area contributed by atoms with Crippen LogP contribution in [0.2, 0.25) is 0 Å². The van der Waals surface area contributed by atoms with Crippen LogP contribution in [0, 0.1) is 5.92 Å². The van der Waals surface area contributed by atoms with Gasteiger partial charge in [-0.3, -0.25) is 0 Å². The first kappa shape index (κ1) is 13.8. The van der Waals surface area contributed by atoms with Crippen molar-refractivity contribution in [2.75, 3.05) is 56.0 Å². The number of anilines is 3. The van der Waals surface area contributed by atoms with Gasteiger partial charge in [0, 0.05) is 40.8 Å². The smallest absolute Gasteiger partial charge is 0.231 e. The fourth-order valence-electron chi connectivity index (χ4n) is 2.12. The van der Waals surface area contributed by atoms with E-state index in [-0.39, 0.29) is 6.61 Å². The quantitative estimate of drug-likeness (QED) is 0.805. The molecule has 2 N–H and O–H groups in total. The average molecular weight is 266 g/mol. The van der Waals surface area contributed by atoms with Crippen LogP contribution in [-0.2, 0) is 0 Å². The van der Waals surface area contributed by atoms with Gasteiger partial charge in [0.05, 0.1) is 0 Å². The summed E-state index contributed by atoms with van der Waals surface area (Å²) in [7, 11) is 5.63. The zero-order valence-electron chi connectivity index (χ0n) is 11.8. The molecule has 0 atom stereocenters. The topological polar surface area (TPSA) is 77.4 Å². The van der Waals surface area contributed by atoms with E-state index in [4.69, 9.17) is 0 Å². The molecule has 1 fully saturated rings. The van der Waals surface area contributed by atoms with E-state index in [1.807, 2.05) is 19.0 Å². The minimum Gasteiger partial charge on any atom is -0.396 e. The third-order valence-electron chi connectivity index (χ3n) is 3.39. The van der Waals surface area contributed by atoms with Crippen molar-refractivity contribution in [3.63, 3.8) is 0 Å². The molecule has 1 aromatic heterocycles. The van der Waals surface area contributed by atoms with Crippen LogP contribution in [0.3, 0.4) is 0 Å². The number of rotatable bonds is 4. The second-order valence-corrected chi connectivity index (χ2v) is 5.02. The molecule has 0 amide bonds. The van der Waals surface area contributed by atoms with E-state index in [1.54, 1.807) is 7.05 Å². The van der Waals surface area contributed by atoms with Crippen LogP contribution >= 0.6 is 0 Å². The van der Waals surface area contributed by atoms with E-state index in [9.17, 15) is 5.11 Å². The van der Waals surface area contributed by atoms with Crippen molar-refractivity contribution in [2.45, 2.75) is 12.8 Å². The Kier molecular flexibility index (Phi) is 4.36. The third kappa shape index (κ3) is 3.23. The molecule has 0 bridgehead atoms. The Hall–Kier alpha value is -1.63. The third-order valence-corrected chi connectivity index (χ3v) is 3.39. The Morgan fingerprint density at radius 1 is 1.26 bits per heavy atom. The van der Waals surface area contributed by atoms with Crippen LogP contribution in [0.1, 0.15) is 12.8 Å². The molecule has 1 aliphatic rings. The SMILES string of the molecule is CNc1nc(N(C)C)nc(N2CCC(CO)CC2)n1. The fourth-order valence-corrected chi connectivity index (χ4v) is 2.12. The molecule has 2 heterocycles. The van der Waals surface area contributed by atoms with E-state index in [0.717, 1.165) is 25.9 Å². The number of aliphatic hydroxyl groups is 1. The minimum atomic E-state index is 0.274. The minimum absolute atomic E-state index is 0.274. The summed E-state index contributed by atoms with van der Waals surface area (Å²) in [6.07, 6.45) is 1.96. The van der Waals surface area contributed by atoms with Gasteiger partial charge >= 0.3 is 0 Å². The second-order valence-electron chi connectivity index (χ2n) is 5.02. The summed E-state index contributed by atoms with van der Waals surface area (Å²) in [6.45, 7) is 2.03. The molecule has 19 heavy (non-hydrogen) atoms. The highest BCUT2D eigenvalue weighted by molar-refractivity contribution is 5.44. The van der Waals surface area contributed by atoms with Crippen LogP contribution < -0.4 is 15.1 Å². The Morgan fingerprint density at radius 3 is 2.47 bits per heavy atom. The lowest BCUT2D eigenvalue weighted by Crippen LogP contribution is -2.36. The second kappa shape index (κ2) is 6.01. The first-order valence-corrected chi connectivity index (χ1v) is 6.61. The maximum atomic E-state index is 9.17. The molecule has 7 heteroatoms. The highest BCUT2D eigenvalue weighted by Crippen LogP contribution is 2.22. The molecular weight excluding hydrogens is 244 g/mol. The molecule has 2 rings (SSSR count). The van der Waals surface area contributed by atoms with E-state index in [2.05, 4.69) is 25.2 Å². The molecule has 7 nitrogen and oxygen atoms in total. The summed E-state index contributed by atoms with van der Waals surface area (Å²) in [6, 6.07) is 0. The van der Waals surface area contributed by atoms with Gasteiger partial charge in [-0.25, -0.2) is 0 Å². The fraction of sp³-hybridized carbons (Fsp3) is 0.750. The van der Waals surface area contributed by atoms with Crippen molar-refractivity contribution in [3.8, 4) is 0 Å². The zero-order valence-corrected chi connectivity index (χ0v) is 11.8. The van der Waals surface area contributed by atoms with Gasteiger partial charge in [-0.05, 0) is 18.8 Å². The molecular formula is C12H22N6O. The Balaban J connectivity index is 2.17. The molecule has 0 aromatic carbocycles. The van der Waals surface area contributed by atoms with Crippen LogP contribution in [0.25, 0.3) is 0 Å². The molecule has 0 aliphatic carbocycles. The number of piperidine rings is 1. The van der Waals surface area contributed by atoms with E-state index in [1.165, 1.54) is 0 Å². The standard InChI is InChI=1S/C12H22N6O/c1-13-10-14-11(17(2)3)16-12(15-10)18-6-4-9(8-19)5-7-18/h9,19H,4-8H2,1-3H3,(H,13,14,15,16). The van der Waals surface area contributed by atoms with Crippen molar-refractivity contribution in [1.82, 2.24) is 15.0 Å². The van der Waals surface area contributed by atoms with Crippen LogP contribution in [0.15, 0.2) is 0 Å². The van der Waals surface area contributed by atoms with Gasteiger partial charge in [-0.15, -0.1) is 0 Å². The number of hydrogen-bond acceptors (Lipinski definition) is 7. The van der Waals surface area contributed by atoms with Crippen LogP contribution in [-0.4, -0.2) is 60.9 Å². The number of aliphatic hydroxyl groups excluding tert-OH is 1. The largest absolute Gasteiger partial charge is 0.396 e. The highest BCUT2D eigenvalue weighted by Gasteiger charge is 2.21. The summed E-state index contributed by atoms with van der Waals surface area (Å²) in [4.78, 5) is 17.2. The van der Waals surface area contributed by atoms with Gasteiger partial charge in [-0.1, -0.05) is 0 Å². The van der Waals surface area contributed by atoms with E-state index in [0.29, 0.717) is 23.8 Å². The van der Waals surface area contributed by atoms with Gasteiger partial charge in [0.15, 0.2) is 0 Å². The maximum absolute atomic E-state index is 9.17. The molecule has 1 saturated heterocycles. The first-order chi connectivity index (χ1) is 9.13. The van der Waals surface area contributed by atoms with Crippen molar-refractivity contribution in [2.24, 2.45) is 5.92 Å². The molecule has 0 radical (unpaired) electrons.